The van der Waals surface area contributed by atoms with Gasteiger partial charge in [-0.25, -0.2) is 14.8 Å². The minimum Gasteiger partial charge on any atom is -0.477 e. The van der Waals surface area contributed by atoms with Gasteiger partial charge in [-0.3, -0.25) is 9.89 Å². The van der Waals surface area contributed by atoms with Crippen molar-refractivity contribution in [2.45, 2.75) is 0 Å². The summed E-state index contributed by atoms with van der Waals surface area (Å²) in [6.45, 7) is 0. The first-order valence-electron chi connectivity index (χ1n) is 9.63. The van der Waals surface area contributed by atoms with E-state index in [0.29, 0.717) is 10.8 Å². The van der Waals surface area contributed by atoms with Crippen LogP contribution >= 0.6 is 22.7 Å². The van der Waals surface area contributed by atoms with E-state index in [1.807, 2.05) is 66.0 Å². The lowest BCUT2D eigenvalue weighted by Gasteiger charge is -1.98. The van der Waals surface area contributed by atoms with Crippen LogP contribution in [0.3, 0.4) is 0 Å². The van der Waals surface area contributed by atoms with Crippen LogP contribution in [0.15, 0.2) is 87.3 Å². The molecule has 3 heterocycles. The van der Waals surface area contributed by atoms with Crippen molar-refractivity contribution < 1.29 is 9.90 Å². The number of aromatic amines is 1. The van der Waals surface area contributed by atoms with E-state index in [9.17, 15) is 9.59 Å². The van der Waals surface area contributed by atoms with Crippen LogP contribution in [0.4, 0.5) is 10.8 Å². The molecule has 5 aromatic rings. The van der Waals surface area contributed by atoms with Crippen LogP contribution in [0.5, 0.6) is 0 Å². The average molecular weight is 475 g/mol. The quantitative estimate of drug-likeness (QED) is 0.313. The van der Waals surface area contributed by atoms with Crippen molar-refractivity contribution in [3.05, 3.63) is 87.5 Å². The Labute approximate surface area is 194 Å². The molecule has 0 fully saturated rings. The van der Waals surface area contributed by atoms with Crippen LogP contribution in [-0.4, -0.2) is 30.8 Å². The first-order chi connectivity index (χ1) is 16.1. The van der Waals surface area contributed by atoms with E-state index in [2.05, 4.69) is 25.3 Å². The lowest BCUT2D eigenvalue weighted by atomic mass is 10.1. The first kappa shape index (κ1) is 20.7. The van der Waals surface area contributed by atoms with Gasteiger partial charge >= 0.3 is 11.5 Å². The number of rotatable bonds is 6. The molecule has 9 nitrogen and oxygen atoms in total. The topological polar surface area (TPSA) is 126 Å². The predicted molar refractivity (Wildman–Crippen MR) is 126 cm³/mol. The number of H-pyrrole nitrogens is 1. The predicted octanol–water partition coefficient (Wildman–Crippen LogP) is 5.53. The Morgan fingerprint density at radius 2 is 1.70 bits per heavy atom. The van der Waals surface area contributed by atoms with E-state index in [1.54, 1.807) is 0 Å². The molecule has 0 spiro atoms. The summed E-state index contributed by atoms with van der Waals surface area (Å²) in [7, 11) is 0. The highest BCUT2D eigenvalue weighted by Crippen LogP contribution is 2.30. The van der Waals surface area contributed by atoms with E-state index in [-0.39, 0.29) is 15.7 Å². The molecule has 0 aliphatic carbocycles. The summed E-state index contributed by atoms with van der Waals surface area (Å²) in [5, 5.41) is 22.8. The van der Waals surface area contributed by atoms with Gasteiger partial charge in [-0.1, -0.05) is 72.0 Å². The summed E-state index contributed by atoms with van der Waals surface area (Å²) in [4.78, 5) is 32.9. The number of aromatic carboxylic acids is 1. The monoisotopic (exact) mass is 474 g/mol. The van der Waals surface area contributed by atoms with E-state index >= 15 is 0 Å². The molecular weight excluding hydrogens is 460 g/mol. The zero-order valence-corrected chi connectivity index (χ0v) is 18.4. The highest BCUT2D eigenvalue weighted by molar-refractivity contribution is 7.17. The molecule has 0 amide bonds. The molecule has 0 aliphatic heterocycles. The van der Waals surface area contributed by atoms with Crippen molar-refractivity contribution in [3.63, 3.8) is 0 Å². The molecule has 2 N–H and O–H groups in total. The second kappa shape index (κ2) is 8.73. The second-order valence-corrected chi connectivity index (χ2v) is 8.58. The number of nitrogens with one attached hydrogen (secondary N) is 1. The summed E-state index contributed by atoms with van der Waals surface area (Å²) >= 11 is 2.19. The number of aromatic nitrogens is 4. The lowest BCUT2D eigenvalue weighted by molar-refractivity contribution is 0.0702. The molecule has 3 aromatic heterocycles. The molecule has 11 heteroatoms. The van der Waals surface area contributed by atoms with Gasteiger partial charge in [-0.15, -0.1) is 21.6 Å². The molecule has 0 saturated carbocycles. The number of benzene rings is 2. The fourth-order valence-corrected chi connectivity index (χ4v) is 4.44. The lowest BCUT2D eigenvalue weighted by Crippen LogP contribution is -2.13. The molecule has 0 aliphatic rings. The molecule has 0 bridgehead atoms. The van der Waals surface area contributed by atoms with Crippen LogP contribution in [-0.2, 0) is 0 Å². The summed E-state index contributed by atoms with van der Waals surface area (Å²) in [6.07, 6.45) is 1.20. The number of azo groups is 1. The molecule has 0 unspecified atom stereocenters. The summed E-state index contributed by atoms with van der Waals surface area (Å²) in [5.74, 6) is -1.10. The molecule has 0 saturated heterocycles. The van der Waals surface area contributed by atoms with Crippen LogP contribution in [0.25, 0.3) is 27.6 Å². The smallest absolute Gasteiger partial charge is 0.347 e. The third kappa shape index (κ3) is 4.14. The Balaban J connectivity index is 1.58. The van der Waals surface area contributed by atoms with Crippen molar-refractivity contribution in [1.29, 1.82) is 0 Å². The number of hydrogen-bond donors (Lipinski definition) is 2. The van der Waals surface area contributed by atoms with Crippen LogP contribution in [0.2, 0.25) is 0 Å². The van der Waals surface area contributed by atoms with Crippen molar-refractivity contribution in [2.24, 2.45) is 10.2 Å². The van der Waals surface area contributed by atoms with Crippen molar-refractivity contribution in [3.8, 4) is 27.6 Å². The Bertz CT molecular complexity index is 1520. The fourth-order valence-electron chi connectivity index (χ4n) is 3.07. The Morgan fingerprint density at radius 3 is 2.36 bits per heavy atom. The van der Waals surface area contributed by atoms with Crippen LogP contribution in [0, 0.1) is 0 Å². The largest absolute Gasteiger partial charge is 0.477 e. The van der Waals surface area contributed by atoms with Crippen LogP contribution in [0.1, 0.15) is 9.67 Å². The van der Waals surface area contributed by atoms with Gasteiger partial charge in [-0.05, 0) is 0 Å². The minimum absolute atomic E-state index is 0.0370. The third-order valence-corrected chi connectivity index (χ3v) is 6.32. The number of thiazole rings is 2. The SMILES string of the molecule is O=C(O)c1cnc(N=Nc2c(-c3ccccc3)[nH]n(-c3nc(-c4ccccc4)cs3)c2=O)s1. The van der Waals surface area contributed by atoms with Gasteiger partial charge in [0.2, 0.25) is 10.3 Å². The van der Waals surface area contributed by atoms with Crippen molar-refractivity contribution >= 4 is 39.5 Å². The van der Waals surface area contributed by atoms with Gasteiger partial charge in [0.25, 0.3) is 0 Å². The number of carbonyl (C=O) groups is 1. The number of carboxylic acids is 1. The third-order valence-electron chi connectivity index (χ3n) is 4.62. The van der Waals surface area contributed by atoms with Gasteiger partial charge < -0.3 is 5.11 Å². The number of nitrogens with zero attached hydrogens (tertiary/aromatic N) is 5. The maximum atomic E-state index is 13.3. The van der Waals surface area contributed by atoms with Crippen molar-refractivity contribution in [2.75, 3.05) is 0 Å². The molecule has 162 valence electrons. The fraction of sp³-hybridized carbons (Fsp3) is 0. The van der Waals surface area contributed by atoms with E-state index in [1.165, 1.54) is 22.2 Å². The Hall–Kier alpha value is -4.22. The van der Waals surface area contributed by atoms with E-state index < -0.39 is 11.5 Å². The highest BCUT2D eigenvalue weighted by atomic mass is 32.1. The molecular formula is C22H14N6O3S2. The Morgan fingerprint density at radius 1 is 1.00 bits per heavy atom. The maximum Gasteiger partial charge on any atom is 0.347 e. The van der Waals surface area contributed by atoms with E-state index in [0.717, 1.165) is 28.2 Å². The second-order valence-electron chi connectivity index (χ2n) is 6.74. The maximum absolute atomic E-state index is 13.3. The van der Waals surface area contributed by atoms with Crippen LogP contribution < -0.4 is 5.56 Å². The number of carboxylic acid groups (broad SMARTS) is 1. The van der Waals surface area contributed by atoms with Gasteiger partial charge in [0, 0.05) is 16.5 Å². The van der Waals surface area contributed by atoms with Gasteiger partial charge in [-0.2, -0.15) is 4.68 Å². The number of hydrogen-bond acceptors (Lipinski definition) is 8. The standard InChI is InChI=1S/C22H14N6O3S2/c29-19-18(25-26-21-23-11-16(33-21)20(30)31)17(14-9-5-2-6-10-14)27-28(19)22-24-15(12-32-22)13-7-3-1-4-8-13/h1-12,27H,(H,30,31). The average Bonchev–Trinajstić information content (AvgIpc) is 3.58. The van der Waals surface area contributed by atoms with Gasteiger partial charge in [0.05, 0.1) is 17.6 Å². The summed E-state index contributed by atoms with van der Waals surface area (Å²) < 4.78 is 1.33. The molecule has 5 rings (SSSR count). The summed E-state index contributed by atoms with van der Waals surface area (Å²) in [6, 6.07) is 18.9. The molecule has 2 aromatic carbocycles. The molecule has 33 heavy (non-hydrogen) atoms. The zero-order valence-electron chi connectivity index (χ0n) is 16.7. The molecule has 0 atom stereocenters. The zero-order chi connectivity index (χ0) is 22.8. The normalized spacial score (nSPS) is 11.3. The minimum atomic E-state index is -1.10. The molecule has 0 radical (unpaired) electrons. The first-order valence-corrected chi connectivity index (χ1v) is 11.3. The summed E-state index contributed by atoms with van der Waals surface area (Å²) in [5.41, 5.74) is 2.56. The van der Waals surface area contributed by atoms with Gasteiger partial charge in [0.1, 0.15) is 4.88 Å². The van der Waals surface area contributed by atoms with Crippen molar-refractivity contribution in [1.82, 2.24) is 19.7 Å². The van der Waals surface area contributed by atoms with E-state index in [4.69, 9.17) is 5.11 Å². The van der Waals surface area contributed by atoms with Gasteiger partial charge in [0.15, 0.2) is 5.69 Å². The Kier molecular flexibility index (Phi) is 5.47. The highest BCUT2D eigenvalue weighted by Gasteiger charge is 2.19.